The van der Waals surface area contributed by atoms with E-state index in [4.69, 9.17) is 4.98 Å². The van der Waals surface area contributed by atoms with Crippen molar-refractivity contribution < 1.29 is 4.79 Å². The number of carbonyl (C=O) groups excluding carboxylic acids is 1. The van der Waals surface area contributed by atoms with Gasteiger partial charge >= 0.3 is 0 Å². The summed E-state index contributed by atoms with van der Waals surface area (Å²) in [6.07, 6.45) is 2.74. The third-order valence-electron chi connectivity index (χ3n) is 5.50. The normalized spacial score (nSPS) is 16.4. The average Bonchev–Trinajstić information content (AvgIpc) is 3.33. The van der Waals surface area contributed by atoms with Gasteiger partial charge in [-0.25, -0.2) is 4.98 Å². The van der Waals surface area contributed by atoms with E-state index in [9.17, 15) is 4.79 Å². The summed E-state index contributed by atoms with van der Waals surface area (Å²) in [6.45, 7) is 8.72. The van der Waals surface area contributed by atoms with E-state index in [1.807, 2.05) is 38.1 Å². The Hall–Kier alpha value is -2.84. The third kappa shape index (κ3) is 5.65. The lowest BCUT2D eigenvalue weighted by molar-refractivity contribution is -0.122. The molecule has 1 unspecified atom stereocenters. The Morgan fingerprint density at radius 1 is 1.23 bits per heavy atom. The van der Waals surface area contributed by atoms with E-state index in [-0.39, 0.29) is 5.91 Å². The zero-order valence-corrected chi connectivity index (χ0v) is 19.0. The maximum atomic E-state index is 12.3. The number of nitrogens with zero attached hydrogens (tertiary/aromatic N) is 4. The molecule has 1 saturated heterocycles. The van der Waals surface area contributed by atoms with Crippen molar-refractivity contribution in [2.75, 3.05) is 25.0 Å². The van der Waals surface area contributed by atoms with Gasteiger partial charge in [0.25, 0.3) is 0 Å². The molecule has 4 heterocycles. The number of carbonyl (C=O) groups is 1. The van der Waals surface area contributed by atoms with Crippen LogP contribution in [0.3, 0.4) is 0 Å². The van der Waals surface area contributed by atoms with Crippen LogP contribution in [-0.2, 0) is 11.3 Å². The van der Waals surface area contributed by atoms with E-state index in [2.05, 4.69) is 38.5 Å². The molecule has 3 aromatic rings. The van der Waals surface area contributed by atoms with E-state index < -0.39 is 0 Å². The van der Waals surface area contributed by atoms with E-state index in [0.717, 1.165) is 53.1 Å². The highest BCUT2D eigenvalue weighted by Crippen LogP contribution is 2.30. The molecule has 0 saturated carbocycles. The SMILES string of the molecule is Cc1cc(Nc2nc(C)c(C)s2)cc(C2CCN(CC(=O)NCc3ccccn3)C2)n1. The van der Waals surface area contributed by atoms with Gasteiger partial charge in [0, 0.05) is 40.6 Å². The van der Waals surface area contributed by atoms with Gasteiger partial charge in [0.15, 0.2) is 5.13 Å². The maximum absolute atomic E-state index is 12.3. The summed E-state index contributed by atoms with van der Waals surface area (Å²) in [5.41, 5.74) is 5.00. The molecule has 3 aromatic heterocycles. The standard InChI is InChI=1S/C23H28N6OS/c1-15-10-20(28-23-27-16(2)17(3)31-23)11-21(26-15)18-7-9-29(13-18)14-22(30)25-12-19-6-4-5-8-24-19/h4-6,8,10-11,18H,7,9,12-14H2,1-3H3,(H,25,30)(H,26,27,28). The lowest BCUT2D eigenvalue weighted by Crippen LogP contribution is -2.35. The zero-order chi connectivity index (χ0) is 21.8. The van der Waals surface area contributed by atoms with Gasteiger partial charge in [-0.2, -0.15) is 0 Å². The lowest BCUT2D eigenvalue weighted by atomic mass is 10.0. The number of pyridine rings is 2. The molecule has 1 aliphatic rings. The minimum atomic E-state index is 0.0281. The minimum Gasteiger partial charge on any atom is -0.349 e. The number of aryl methyl sites for hydroxylation is 3. The summed E-state index contributed by atoms with van der Waals surface area (Å²) in [4.78, 5) is 29.4. The van der Waals surface area contributed by atoms with Crippen molar-refractivity contribution in [3.63, 3.8) is 0 Å². The average molecular weight is 437 g/mol. The summed E-state index contributed by atoms with van der Waals surface area (Å²) < 4.78 is 0. The molecule has 0 spiro atoms. The number of anilines is 2. The van der Waals surface area contributed by atoms with Gasteiger partial charge in [-0.15, -0.1) is 11.3 Å². The molecule has 31 heavy (non-hydrogen) atoms. The van der Waals surface area contributed by atoms with E-state index in [1.54, 1.807) is 17.5 Å². The molecule has 0 radical (unpaired) electrons. The van der Waals surface area contributed by atoms with Crippen molar-refractivity contribution in [2.45, 2.75) is 39.7 Å². The Bertz CT molecular complexity index is 1030. The predicted molar refractivity (Wildman–Crippen MR) is 124 cm³/mol. The Morgan fingerprint density at radius 2 is 2.10 bits per heavy atom. The van der Waals surface area contributed by atoms with E-state index in [0.29, 0.717) is 19.0 Å². The van der Waals surface area contributed by atoms with Crippen LogP contribution in [0.2, 0.25) is 0 Å². The molecule has 7 nitrogen and oxygen atoms in total. The molecule has 0 bridgehead atoms. The fourth-order valence-corrected chi connectivity index (χ4v) is 4.63. The second kappa shape index (κ2) is 9.53. The first-order valence-electron chi connectivity index (χ1n) is 10.5. The lowest BCUT2D eigenvalue weighted by Gasteiger charge is -2.16. The third-order valence-corrected chi connectivity index (χ3v) is 6.49. The summed E-state index contributed by atoms with van der Waals surface area (Å²) in [5, 5.41) is 7.29. The van der Waals surface area contributed by atoms with Gasteiger partial charge < -0.3 is 10.6 Å². The van der Waals surface area contributed by atoms with Crippen molar-refractivity contribution in [3.8, 4) is 0 Å². The molecule has 1 amide bonds. The Kier molecular flexibility index (Phi) is 6.58. The Labute approximate surface area is 187 Å². The second-order valence-corrected chi connectivity index (χ2v) is 9.23. The van der Waals surface area contributed by atoms with Crippen LogP contribution in [0.15, 0.2) is 36.5 Å². The van der Waals surface area contributed by atoms with Crippen molar-refractivity contribution in [2.24, 2.45) is 0 Å². The topological polar surface area (TPSA) is 83.0 Å². The van der Waals surface area contributed by atoms with Crippen LogP contribution in [0.4, 0.5) is 10.8 Å². The molecule has 1 atom stereocenters. The number of aromatic nitrogens is 3. The van der Waals surface area contributed by atoms with Crippen LogP contribution in [0.5, 0.6) is 0 Å². The number of rotatable bonds is 7. The molecule has 2 N–H and O–H groups in total. The number of amides is 1. The Balaban J connectivity index is 1.34. The summed E-state index contributed by atoms with van der Waals surface area (Å²) in [5.74, 6) is 0.351. The van der Waals surface area contributed by atoms with Gasteiger partial charge in [-0.1, -0.05) is 6.07 Å². The van der Waals surface area contributed by atoms with Crippen LogP contribution in [0.25, 0.3) is 0 Å². The van der Waals surface area contributed by atoms with Gasteiger partial charge in [0.1, 0.15) is 0 Å². The molecule has 1 fully saturated rings. The fourth-order valence-electron chi connectivity index (χ4n) is 3.79. The predicted octanol–water partition coefficient (Wildman–Crippen LogP) is 3.71. The van der Waals surface area contributed by atoms with Crippen LogP contribution >= 0.6 is 11.3 Å². The van der Waals surface area contributed by atoms with Crippen LogP contribution in [-0.4, -0.2) is 45.4 Å². The highest BCUT2D eigenvalue weighted by atomic mass is 32.1. The molecule has 8 heteroatoms. The summed E-state index contributed by atoms with van der Waals surface area (Å²) in [6, 6.07) is 9.88. The van der Waals surface area contributed by atoms with Gasteiger partial charge in [-0.05, 0) is 58.0 Å². The molecule has 4 rings (SSSR count). The van der Waals surface area contributed by atoms with Gasteiger partial charge in [-0.3, -0.25) is 19.7 Å². The van der Waals surface area contributed by atoms with Crippen molar-refractivity contribution in [1.82, 2.24) is 25.2 Å². The minimum absolute atomic E-state index is 0.0281. The smallest absolute Gasteiger partial charge is 0.234 e. The molecular formula is C23H28N6OS. The molecule has 162 valence electrons. The zero-order valence-electron chi connectivity index (χ0n) is 18.2. The van der Waals surface area contributed by atoms with Crippen LogP contribution in [0, 0.1) is 20.8 Å². The second-order valence-electron chi connectivity index (χ2n) is 8.03. The van der Waals surface area contributed by atoms with Gasteiger partial charge in [0.05, 0.1) is 24.5 Å². The van der Waals surface area contributed by atoms with Gasteiger partial charge in [0.2, 0.25) is 5.91 Å². The number of hydrogen-bond acceptors (Lipinski definition) is 7. The first kappa shape index (κ1) is 21.4. The molecular weight excluding hydrogens is 408 g/mol. The van der Waals surface area contributed by atoms with Crippen LogP contribution < -0.4 is 10.6 Å². The first-order valence-corrected chi connectivity index (χ1v) is 11.4. The highest BCUT2D eigenvalue weighted by Gasteiger charge is 2.26. The van der Waals surface area contributed by atoms with Crippen molar-refractivity contribution >= 4 is 28.1 Å². The van der Waals surface area contributed by atoms with Crippen molar-refractivity contribution in [1.29, 1.82) is 0 Å². The van der Waals surface area contributed by atoms with Crippen LogP contribution in [0.1, 0.15) is 40.0 Å². The van der Waals surface area contributed by atoms with Crippen molar-refractivity contribution in [3.05, 3.63) is 64.2 Å². The fraction of sp³-hybridized carbons (Fsp3) is 0.391. The molecule has 0 aliphatic carbocycles. The number of likely N-dealkylation sites (tertiary alicyclic amines) is 1. The summed E-state index contributed by atoms with van der Waals surface area (Å²) >= 11 is 1.66. The van der Waals surface area contributed by atoms with E-state index in [1.165, 1.54) is 4.88 Å². The molecule has 1 aliphatic heterocycles. The number of thiazole rings is 1. The number of nitrogens with one attached hydrogen (secondary N) is 2. The monoisotopic (exact) mass is 436 g/mol. The van der Waals surface area contributed by atoms with E-state index >= 15 is 0 Å². The first-order chi connectivity index (χ1) is 15.0. The number of hydrogen-bond donors (Lipinski definition) is 2. The molecule has 0 aromatic carbocycles. The Morgan fingerprint density at radius 3 is 2.84 bits per heavy atom. The highest BCUT2D eigenvalue weighted by molar-refractivity contribution is 7.15. The maximum Gasteiger partial charge on any atom is 0.234 e. The summed E-state index contributed by atoms with van der Waals surface area (Å²) in [7, 11) is 0. The quantitative estimate of drug-likeness (QED) is 0.588. The largest absolute Gasteiger partial charge is 0.349 e.